The number of hydrogen-bond acceptors (Lipinski definition) is 3. The van der Waals surface area contributed by atoms with E-state index in [1.54, 1.807) is 4.90 Å². The van der Waals surface area contributed by atoms with Crippen molar-refractivity contribution in [1.82, 2.24) is 4.90 Å². The highest BCUT2D eigenvalue weighted by molar-refractivity contribution is 5.88. The van der Waals surface area contributed by atoms with Crippen LogP contribution in [0.4, 0.5) is 0 Å². The summed E-state index contributed by atoms with van der Waals surface area (Å²) in [4.78, 5) is 25.1. The van der Waals surface area contributed by atoms with E-state index < -0.39 is 11.9 Å². The fraction of sp³-hybridized carbons (Fsp3) is 0.400. The van der Waals surface area contributed by atoms with Gasteiger partial charge in [0.25, 0.3) is 0 Å². The Bertz CT molecular complexity index is 768. The number of fused-ring (bicyclic) bond motifs is 1. The summed E-state index contributed by atoms with van der Waals surface area (Å²) in [5.74, 6) is -0.422. The molecule has 1 aliphatic heterocycles. The van der Waals surface area contributed by atoms with Crippen LogP contribution in [0.5, 0.6) is 5.75 Å². The van der Waals surface area contributed by atoms with E-state index in [2.05, 4.69) is 0 Å². The zero-order valence-electron chi connectivity index (χ0n) is 14.4. The Kier molecular flexibility index (Phi) is 5.22. The molecule has 1 amide bonds. The maximum Gasteiger partial charge on any atom is 0.308 e. The van der Waals surface area contributed by atoms with Gasteiger partial charge in [-0.15, -0.1) is 0 Å². The van der Waals surface area contributed by atoms with E-state index in [1.165, 1.54) is 0 Å². The predicted molar refractivity (Wildman–Crippen MR) is 95.5 cm³/mol. The van der Waals surface area contributed by atoms with Crippen LogP contribution in [0.15, 0.2) is 42.5 Å². The van der Waals surface area contributed by atoms with Gasteiger partial charge in [-0.3, -0.25) is 9.59 Å². The topological polar surface area (TPSA) is 66.8 Å². The summed E-state index contributed by atoms with van der Waals surface area (Å²) in [6.45, 7) is 3.20. The summed E-state index contributed by atoms with van der Waals surface area (Å²) in [7, 11) is 0. The third-order valence-electron chi connectivity index (χ3n) is 4.82. The van der Waals surface area contributed by atoms with Crippen LogP contribution in [-0.4, -0.2) is 41.6 Å². The number of carbonyl (C=O) groups excluding carboxylic acids is 1. The SMILES string of the molecule is C[C@@H]1CN(C(=O)CCCOc2cccc3ccccc23)C[C@H]1C(=O)O. The number of carboxylic acid groups (broad SMARTS) is 1. The summed E-state index contributed by atoms with van der Waals surface area (Å²) >= 11 is 0. The van der Waals surface area contributed by atoms with Crippen LogP contribution in [0.3, 0.4) is 0 Å². The summed E-state index contributed by atoms with van der Waals surface area (Å²) in [5, 5.41) is 11.3. The third-order valence-corrected chi connectivity index (χ3v) is 4.82. The van der Waals surface area contributed by atoms with Crippen LogP contribution < -0.4 is 4.74 Å². The monoisotopic (exact) mass is 341 g/mol. The summed E-state index contributed by atoms with van der Waals surface area (Å²) in [6.07, 6.45) is 0.995. The minimum absolute atomic E-state index is 0.00776. The highest BCUT2D eigenvalue weighted by Gasteiger charge is 2.36. The first-order chi connectivity index (χ1) is 12.1. The van der Waals surface area contributed by atoms with Gasteiger partial charge in [-0.1, -0.05) is 43.3 Å². The van der Waals surface area contributed by atoms with E-state index in [0.717, 1.165) is 16.5 Å². The van der Waals surface area contributed by atoms with Gasteiger partial charge in [-0.25, -0.2) is 0 Å². The number of carbonyl (C=O) groups is 2. The standard InChI is InChI=1S/C20H23NO4/c1-14-12-21(13-17(14)20(23)24)19(22)10-5-11-25-18-9-4-7-15-6-2-3-8-16(15)18/h2-4,6-9,14,17H,5,10-13H2,1H3,(H,23,24)/t14-,17-/m1/s1. The summed E-state index contributed by atoms with van der Waals surface area (Å²) < 4.78 is 5.85. The van der Waals surface area contributed by atoms with Gasteiger partial charge in [-0.2, -0.15) is 0 Å². The van der Waals surface area contributed by atoms with Crippen LogP contribution in [0, 0.1) is 11.8 Å². The quantitative estimate of drug-likeness (QED) is 0.820. The highest BCUT2D eigenvalue weighted by atomic mass is 16.5. The molecule has 1 heterocycles. The highest BCUT2D eigenvalue weighted by Crippen LogP contribution is 2.26. The second-order valence-electron chi connectivity index (χ2n) is 6.65. The van der Waals surface area contributed by atoms with Crippen LogP contribution in [0.1, 0.15) is 19.8 Å². The van der Waals surface area contributed by atoms with Crippen molar-refractivity contribution < 1.29 is 19.4 Å². The lowest BCUT2D eigenvalue weighted by Gasteiger charge is -2.16. The lowest BCUT2D eigenvalue weighted by atomic mass is 9.99. The first-order valence-corrected chi connectivity index (χ1v) is 8.67. The van der Waals surface area contributed by atoms with Gasteiger partial charge < -0.3 is 14.7 Å². The average molecular weight is 341 g/mol. The zero-order chi connectivity index (χ0) is 17.8. The van der Waals surface area contributed by atoms with Crippen LogP contribution in [0.2, 0.25) is 0 Å². The van der Waals surface area contributed by atoms with E-state index in [1.807, 2.05) is 49.4 Å². The molecule has 1 saturated heterocycles. The number of carboxylic acids is 1. The van der Waals surface area contributed by atoms with Gasteiger partial charge in [0.05, 0.1) is 12.5 Å². The third kappa shape index (κ3) is 3.92. The molecule has 3 rings (SSSR count). The second kappa shape index (κ2) is 7.55. The lowest BCUT2D eigenvalue weighted by molar-refractivity contribution is -0.142. The Labute approximate surface area is 147 Å². The van der Waals surface area contributed by atoms with Crippen molar-refractivity contribution in [3.8, 4) is 5.75 Å². The Morgan fingerprint density at radius 2 is 1.92 bits per heavy atom. The lowest BCUT2D eigenvalue weighted by Crippen LogP contribution is -2.30. The predicted octanol–water partition coefficient (Wildman–Crippen LogP) is 3.18. The molecule has 2 aromatic rings. The molecule has 2 atom stereocenters. The molecule has 0 spiro atoms. The maximum atomic E-state index is 12.3. The van der Waals surface area contributed by atoms with Gasteiger partial charge in [0.2, 0.25) is 5.91 Å². The number of hydrogen-bond donors (Lipinski definition) is 1. The Hall–Kier alpha value is -2.56. The Morgan fingerprint density at radius 3 is 2.68 bits per heavy atom. The average Bonchev–Trinajstić information content (AvgIpc) is 3.01. The number of rotatable bonds is 6. The number of nitrogens with zero attached hydrogens (tertiary/aromatic N) is 1. The van der Waals surface area contributed by atoms with E-state index in [-0.39, 0.29) is 11.8 Å². The first-order valence-electron chi connectivity index (χ1n) is 8.67. The Morgan fingerprint density at radius 1 is 1.16 bits per heavy atom. The van der Waals surface area contributed by atoms with Gasteiger partial charge in [0.1, 0.15) is 5.75 Å². The molecule has 0 unspecified atom stereocenters. The molecule has 5 heteroatoms. The smallest absolute Gasteiger partial charge is 0.308 e. The molecule has 1 aliphatic rings. The van der Waals surface area contributed by atoms with Crippen molar-refractivity contribution in [2.75, 3.05) is 19.7 Å². The van der Waals surface area contributed by atoms with E-state index in [9.17, 15) is 9.59 Å². The van der Waals surface area contributed by atoms with Gasteiger partial charge >= 0.3 is 5.97 Å². The fourth-order valence-corrected chi connectivity index (χ4v) is 3.38. The molecule has 0 bridgehead atoms. The molecule has 0 aromatic heterocycles. The van der Waals surface area contributed by atoms with Crippen molar-refractivity contribution in [3.63, 3.8) is 0 Å². The molecule has 1 N–H and O–H groups in total. The fourth-order valence-electron chi connectivity index (χ4n) is 3.38. The molecule has 0 radical (unpaired) electrons. The normalized spacial score (nSPS) is 20.0. The number of aliphatic carboxylic acids is 1. The van der Waals surface area contributed by atoms with E-state index in [4.69, 9.17) is 9.84 Å². The van der Waals surface area contributed by atoms with Crippen molar-refractivity contribution in [1.29, 1.82) is 0 Å². The molecule has 1 fully saturated rings. The van der Waals surface area contributed by atoms with Crippen molar-refractivity contribution in [2.24, 2.45) is 11.8 Å². The molecule has 25 heavy (non-hydrogen) atoms. The van der Waals surface area contributed by atoms with Crippen LogP contribution in [-0.2, 0) is 9.59 Å². The summed E-state index contributed by atoms with van der Waals surface area (Å²) in [5.41, 5.74) is 0. The van der Waals surface area contributed by atoms with Crippen molar-refractivity contribution >= 4 is 22.6 Å². The number of likely N-dealkylation sites (tertiary alicyclic amines) is 1. The van der Waals surface area contributed by atoms with Crippen LogP contribution >= 0.6 is 0 Å². The molecule has 0 aliphatic carbocycles. The van der Waals surface area contributed by atoms with Crippen molar-refractivity contribution in [3.05, 3.63) is 42.5 Å². The molecule has 2 aromatic carbocycles. The minimum Gasteiger partial charge on any atom is -0.493 e. The number of ether oxygens (including phenoxy) is 1. The molecule has 132 valence electrons. The first kappa shape index (κ1) is 17.3. The maximum absolute atomic E-state index is 12.3. The number of amides is 1. The van der Waals surface area contributed by atoms with Gasteiger partial charge in [0.15, 0.2) is 0 Å². The van der Waals surface area contributed by atoms with Crippen LogP contribution in [0.25, 0.3) is 10.8 Å². The van der Waals surface area contributed by atoms with Gasteiger partial charge in [0, 0.05) is 24.9 Å². The minimum atomic E-state index is -0.818. The Balaban J connectivity index is 1.48. The molecule has 5 nitrogen and oxygen atoms in total. The largest absolute Gasteiger partial charge is 0.493 e. The van der Waals surface area contributed by atoms with Gasteiger partial charge in [-0.05, 0) is 23.8 Å². The molecular weight excluding hydrogens is 318 g/mol. The van der Waals surface area contributed by atoms with E-state index >= 15 is 0 Å². The zero-order valence-corrected chi connectivity index (χ0v) is 14.4. The second-order valence-corrected chi connectivity index (χ2v) is 6.65. The van der Waals surface area contributed by atoms with E-state index in [0.29, 0.717) is 32.5 Å². The summed E-state index contributed by atoms with van der Waals surface area (Å²) in [6, 6.07) is 14.0. The van der Waals surface area contributed by atoms with Crippen molar-refractivity contribution in [2.45, 2.75) is 19.8 Å². The molecule has 0 saturated carbocycles. The molecular formula is C20H23NO4. The number of benzene rings is 2.